The van der Waals surface area contributed by atoms with Gasteiger partial charge in [-0.25, -0.2) is 4.79 Å². The summed E-state index contributed by atoms with van der Waals surface area (Å²) in [5.41, 5.74) is 0.699. The largest absolute Gasteiger partial charge is 0.450 e. The molecule has 26 heavy (non-hydrogen) atoms. The van der Waals surface area contributed by atoms with Gasteiger partial charge in [-0.1, -0.05) is 0 Å². The predicted octanol–water partition coefficient (Wildman–Crippen LogP) is 1.48. The molecule has 0 bridgehead atoms. The van der Waals surface area contributed by atoms with E-state index in [1.165, 1.54) is 6.20 Å². The Morgan fingerprint density at radius 2 is 1.69 bits per heavy atom. The fourth-order valence-corrected chi connectivity index (χ4v) is 2.84. The highest BCUT2D eigenvalue weighted by Crippen LogP contribution is 2.12. The first-order chi connectivity index (χ1) is 12.5. The van der Waals surface area contributed by atoms with Gasteiger partial charge in [-0.3, -0.25) is 14.6 Å². The number of ether oxygens (including phenoxy) is 1. The molecule has 0 spiro atoms. The Balaban J connectivity index is 2.03. The molecular formula is C18H26N4O4. The highest BCUT2D eigenvalue weighted by molar-refractivity contribution is 5.98. The lowest BCUT2D eigenvalue weighted by atomic mass is 10.1. The SMILES string of the molecule is CCOC(=O)N1CCN(C(=O)c2ccnc(C(=O)N(CC)CC)c2)CC1. The second-order valence-electron chi connectivity index (χ2n) is 5.89. The van der Waals surface area contributed by atoms with Crippen molar-refractivity contribution in [2.75, 3.05) is 45.9 Å². The average Bonchev–Trinajstić information content (AvgIpc) is 2.68. The minimum Gasteiger partial charge on any atom is -0.450 e. The van der Waals surface area contributed by atoms with E-state index in [4.69, 9.17) is 4.74 Å². The monoisotopic (exact) mass is 362 g/mol. The number of aromatic nitrogens is 1. The number of carbonyl (C=O) groups is 3. The second kappa shape index (κ2) is 9.17. The minimum atomic E-state index is -0.351. The fourth-order valence-electron chi connectivity index (χ4n) is 2.84. The van der Waals surface area contributed by atoms with Gasteiger partial charge in [0.2, 0.25) is 0 Å². The summed E-state index contributed by atoms with van der Waals surface area (Å²) in [6, 6.07) is 3.15. The third-order valence-corrected chi connectivity index (χ3v) is 4.37. The maximum absolute atomic E-state index is 12.7. The number of hydrogen-bond acceptors (Lipinski definition) is 5. The van der Waals surface area contributed by atoms with E-state index in [0.29, 0.717) is 51.4 Å². The van der Waals surface area contributed by atoms with Crippen molar-refractivity contribution >= 4 is 17.9 Å². The Morgan fingerprint density at radius 1 is 1.08 bits per heavy atom. The molecule has 1 aromatic heterocycles. The van der Waals surface area contributed by atoms with E-state index < -0.39 is 0 Å². The summed E-state index contributed by atoms with van der Waals surface area (Å²) in [7, 11) is 0. The van der Waals surface area contributed by atoms with E-state index in [9.17, 15) is 14.4 Å². The highest BCUT2D eigenvalue weighted by atomic mass is 16.6. The van der Waals surface area contributed by atoms with Crippen LogP contribution in [-0.2, 0) is 4.74 Å². The number of nitrogens with zero attached hydrogens (tertiary/aromatic N) is 4. The Morgan fingerprint density at radius 3 is 2.27 bits per heavy atom. The van der Waals surface area contributed by atoms with E-state index in [1.54, 1.807) is 33.8 Å². The van der Waals surface area contributed by atoms with Crippen LogP contribution in [0.5, 0.6) is 0 Å². The summed E-state index contributed by atoms with van der Waals surface area (Å²) in [6.07, 6.45) is 1.13. The van der Waals surface area contributed by atoms with Crippen LogP contribution in [0.2, 0.25) is 0 Å². The van der Waals surface area contributed by atoms with Gasteiger partial charge in [0.05, 0.1) is 6.61 Å². The lowest BCUT2D eigenvalue weighted by Crippen LogP contribution is -2.50. The van der Waals surface area contributed by atoms with Crippen LogP contribution in [0.1, 0.15) is 41.6 Å². The van der Waals surface area contributed by atoms with E-state index in [0.717, 1.165) is 0 Å². The minimum absolute atomic E-state index is 0.162. The molecule has 2 heterocycles. The number of hydrogen-bond donors (Lipinski definition) is 0. The van der Waals surface area contributed by atoms with Gasteiger partial charge in [-0.05, 0) is 32.9 Å². The third-order valence-electron chi connectivity index (χ3n) is 4.37. The van der Waals surface area contributed by atoms with Crippen LogP contribution < -0.4 is 0 Å². The Labute approximate surface area is 153 Å². The molecule has 0 radical (unpaired) electrons. The summed E-state index contributed by atoms with van der Waals surface area (Å²) < 4.78 is 4.98. The summed E-state index contributed by atoms with van der Waals surface area (Å²) in [5, 5.41) is 0. The lowest BCUT2D eigenvalue weighted by molar-refractivity contribution is 0.0570. The standard InChI is InChI=1S/C18H26N4O4/c1-4-20(5-2)17(24)15-13-14(7-8-19-15)16(23)21-9-11-22(12-10-21)18(25)26-6-3/h7-8,13H,4-6,9-12H2,1-3H3. The molecule has 1 aliphatic heterocycles. The molecule has 1 aromatic rings. The molecule has 8 heteroatoms. The van der Waals surface area contributed by atoms with E-state index in [1.807, 2.05) is 13.8 Å². The van der Waals surface area contributed by atoms with Crippen LogP contribution in [0.4, 0.5) is 4.79 Å². The van der Waals surface area contributed by atoms with E-state index in [-0.39, 0.29) is 23.6 Å². The van der Waals surface area contributed by atoms with Crippen LogP contribution in [0.3, 0.4) is 0 Å². The molecule has 0 aliphatic carbocycles. The highest BCUT2D eigenvalue weighted by Gasteiger charge is 2.26. The van der Waals surface area contributed by atoms with Crippen LogP contribution >= 0.6 is 0 Å². The van der Waals surface area contributed by atoms with Crippen LogP contribution in [0, 0.1) is 0 Å². The van der Waals surface area contributed by atoms with Crippen molar-refractivity contribution in [1.82, 2.24) is 19.7 Å². The third kappa shape index (κ3) is 4.50. The molecule has 0 saturated carbocycles. The van der Waals surface area contributed by atoms with Crippen LogP contribution in [-0.4, -0.2) is 83.5 Å². The normalized spacial score (nSPS) is 14.1. The van der Waals surface area contributed by atoms with Gasteiger partial charge >= 0.3 is 6.09 Å². The molecule has 0 atom stereocenters. The van der Waals surface area contributed by atoms with Crippen molar-refractivity contribution in [3.05, 3.63) is 29.6 Å². The summed E-state index contributed by atoms with van der Waals surface area (Å²) in [5.74, 6) is -0.346. The maximum Gasteiger partial charge on any atom is 0.409 e. The Bertz CT molecular complexity index is 652. The van der Waals surface area contributed by atoms with Gasteiger partial charge < -0.3 is 19.4 Å². The van der Waals surface area contributed by atoms with E-state index in [2.05, 4.69) is 4.98 Å². The Kier molecular flexibility index (Phi) is 6.94. The van der Waals surface area contributed by atoms with Crippen molar-refractivity contribution in [2.24, 2.45) is 0 Å². The van der Waals surface area contributed by atoms with Crippen molar-refractivity contribution in [1.29, 1.82) is 0 Å². The van der Waals surface area contributed by atoms with Gasteiger partial charge in [-0.2, -0.15) is 0 Å². The zero-order valence-corrected chi connectivity index (χ0v) is 15.6. The van der Waals surface area contributed by atoms with Gasteiger partial charge in [0.15, 0.2) is 0 Å². The first-order valence-electron chi connectivity index (χ1n) is 8.98. The van der Waals surface area contributed by atoms with Gasteiger partial charge in [0.25, 0.3) is 11.8 Å². The predicted molar refractivity (Wildman–Crippen MR) is 96.0 cm³/mol. The van der Waals surface area contributed by atoms with Crippen LogP contribution in [0.15, 0.2) is 18.3 Å². The van der Waals surface area contributed by atoms with Crippen LogP contribution in [0.25, 0.3) is 0 Å². The molecule has 8 nitrogen and oxygen atoms in total. The lowest BCUT2D eigenvalue weighted by Gasteiger charge is -2.34. The fraction of sp³-hybridized carbons (Fsp3) is 0.556. The molecular weight excluding hydrogens is 336 g/mol. The Hall–Kier alpha value is -2.64. The number of rotatable bonds is 5. The number of piperazine rings is 1. The smallest absolute Gasteiger partial charge is 0.409 e. The number of pyridine rings is 1. The van der Waals surface area contributed by atoms with Crippen molar-refractivity contribution < 1.29 is 19.1 Å². The quantitative estimate of drug-likeness (QED) is 0.792. The van der Waals surface area contributed by atoms with Crippen molar-refractivity contribution in [2.45, 2.75) is 20.8 Å². The number of carbonyl (C=O) groups excluding carboxylic acids is 3. The van der Waals surface area contributed by atoms with Crippen molar-refractivity contribution in [3.8, 4) is 0 Å². The molecule has 2 rings (SSSR count). The first-order valence-corrected chi connectivity index (χ1v) is 8.98. The van der Waals surface area contributed by atoms with Gasteiger partial charge in [-0.15, -0.1) is 0 Å². The van der Waals surface area contributed by atoms with Gasteiger partial charge in [0.1, 0.15) is 5.69 Å². The summed E-state index contributed by atoms with van der Waals surface area (Å²) in [4.78, 5) is 45.9. The molecule has 0 aromatic carbocycles. The molecule has 142 valence electrons. The molecule has 1 fully saturated rings. The zero-order valence-electron chi connectivity index (χ0n) is 15.6. The first kappa shape index (κ1) is 19.7. The van der Waals surface area contributed by atoms with E-state index >= 15 is 0 Å². The second-order valence-corrected chi connectivity index (χ2v) is 5.89. The van der Waals surface area contributed by atoms with Crippen molar-refractivity contribution in [3.63, 3.8) is 0 Å². The molecule has 3 amide bonds. The molecule has 1 saturated heterocycles. The number of amides is 3. The summed E-state index contributed by atoms with van der Waals surface area (Å²) in [6.45, 7) is 8.80. The summed E-state index contributed by atoms with van der Waals surface area (Å²) >= 11 is 0. The topological polar surface area (TPSA) is 83.0 Å². The maximum atomic E-state index is 12.7. The zero-order chi connectivity index (χ0) is 19.1. The molecule has 0 N–H and O–H groups in total. The molecule has 1 aliphatic rings. The molecule has 0 unspecified atom stereocenters. The average molecular weight is 362 g/mol. The van der Waals surface area contributed by atoms with Gasteiger partial charge in [0, 0.05) is 51.0 Å².